The molecule has 0 saturated heterocycles. The minimum atomic E-state index is -3.79. The molecule has 0 saturated carbocycles. The molecule has 1 aliphatic heterocycles. The number of hydrogen-bond donors (Lipinski definition) is 1. The molecule has 19 heavy (non-hydrogen) atoms. The fraction of sp³-hybridized carbons (Fsp3) is 0.250. The van der Waals surface area contributed by atoms with Crippen molar-refractivity contribution in [2.45, 2.75) is 12.5 Å². The van der Waals surface area contributed by atoms with Crippen molar-refractivity contribution in [2.24, 2.45) is 5.73 Å². The van der Waals surface area contributed by atoms with Gasteiger partial charge in [0.2, 0.25) is 0 Å². The third-order valence-electron chi connectivity index (χ3n) is 2.67. The van der Waals surface area contributed by atoms with Crippen LogP contribution >= 0.6 is 0 Å². The molecule has 102 valence electrons. The van der Waals surface area contributed by atoms with Gasteiger partial charge in [-0.25, -0.2) is 4.79 Å². The number of rotatable bonds is 3. The Hall–Kier alpha value is -1.86. The summed E-state index contributed by atoms with van der Waals surface area (Å²) in [4.78, 5) is 11.7. The van der Waals surface area contributed by atoms with Crippen molar-refractivity contribution in [1.82, 2.24) is 0 Å². The van der Waals surface area contributed by atoms with E-state index >= 15 is 0 Å². The van der Waals surface area contributed by atoms with Crippen LogP contribution in [0.2, 0.25) is 0 Å². The molecule has 1 aliphatic rings. The number of benzene rings is 1. The normalized spacial score (nSPS) is 24.8. The van der Waals surface area contributed by atoms with Crippen LogP contribution in [0, 0.1) is 0 Å². The van der Waals surface area contributed by atoms with Gasteiger partial charge in [0, 0.05) is 0 Å². The van der Waals surface area contributed by atoms with Gasteiger partial charge in [-0.2, -0.15) is 8.42 Å². The maximum atomic E-state index is 11.7. The van der Waals surface area contributed by atoms with Crippen molar-refractivity contribution in [3.63, 3.8) is 0 Å². The van der Waals surface area contributed by atoms with Gasteiger partial charge in [-0.1, -0.05) is 18.2 Å². The third-order valence-corrected chi connectivity index (χ3v) is 3.81. The fourth-order valence-corrected chi connectivity index (χ4v) is 2.84. The number of nitrogens with two attached hydrogens (primary N) is 1. The van der Waals surface area contributed by atoms with E-state index in [1.165, 1.54) is 6.92 Å². The lowest BCUT2D eigenvalue weighted by Crippen LogP contribution is -2.38. The highest BCUT2D eigenvalue weighted by molar-refractivity contribution is 7.90. The Bertz CT molecular complexity index is 623. The standard InChI is InChI=1S/C12H13NO5S/c1-12(10(13)7-19(15,16)18-12)8-17-11(14)9-5-3-2-4-6-9/h2-7H,8,13H2,1H3. The van der Waals surface area contributed by atoms with E-state index in [-0.39, 0.29) is 12.3 Å². The summed E-state index contributed by atoms with van der Waals surface area (Å²) in [6, 6.07) is 8.35. The second kappa shape index (κ2) is 4.67. The topological polar surface area (TPSA) is 95.7 Å². The maximum Gasteiger partial charge on any atom is 0.338 e. The Kier molecular flexibility index (Phi) is 3.34. The van der Waals surface area contributed by atoms with Crippen molar-refractivity contribution < 1.29 is 22.1 Å². The van der Waals surface area contributed by atoms with E-state index in [0.717, 1.165) is 5.41 Å². The van der Waals surface area contributed by atoms with Crippen LogP contribution in [0.1, 0.15) is 17.3 Å². The predicted octanol–water partition coefficient (Wildman–Crippen LogP) is 0.762. The highest BCUT2D eigenvalue weighted by Gasteiger charge is 2.41. The Morgan fingerprint density at radius 2 is 2.00 bits per heavy atom. The van der Waals surface area contributed by atoms with E-state index in [0.29, 0.717) is 5.56 Å². The van der Waals surface area contributed by atoms with Crippen LogP contribution in [0.4, 0.5) is 0 Å². The molecule has 0 amide bonds. The molecule has 1 unspecified atom stereocenters. The molecule has 1 atom stereocenters. The zero-order valence-corrected chi connectivity index (χ0v) is 11.0. The minimum absolute atomic E-state index is 0.00774. The van der Waals surface area contributed by atoms with Crippen LogP contribution < -0.4 is 5.73 Å². The van der Waals surface area contributed by atoms with Crippen LogP contribution in [0.5, 0.6) is 0 Å². The summed E-state index contributed by atoms with van der Waals surface area (Å²) in [5.41, 5.74) is 4.61. The quantitative estimate of drug-likeness (QED) is 0.650. The summed E-state index contributed by atoms with van der Waals surface area (Å²) in [7, 11) is -3.79. The first-order chi connectivity index (χ1) is 8.82. The fourth-order valence-electron chi connectivity index (χ4n) is 1.58. The highest BCUT2D eigenvalue weighted by Crippen LogP contribution is 2.29. The Balaban J connectivity index is 2.04. The molecular formula is C12H13NO5S. The largest absolute Gasteiger partial charge is 0.459 e. The summed E-state index contributed by atoms with van der Waals surface area (Å²) in [6.45, 7) is 1.17. The molecule has 0 fully saturated rings. The van der Waals surface area contributed by atoms with Crippen molar-refractivity contribution in [2.75, 3.05) is 6.61 Å². The summed E-state index contributed by atoms with van der Waals surface area (Å²) in [5.74, 6) is -0.567. The Morgan fingerprint density at radius 1 is 1.37 bits per heavy atom. The van der Waals surface area contributed by atoms with Crippen LogP contribution in [0.15, 0.2) is 41.4 Å². The van der Waals surface area contributed by atoms with Gasteiger partial charge < -0.3 is 10.5 Å². The molecule has 1 aromatic rings. The van der Waals surface area contributed by atoms with Gasteiger partial charge >= 0.3 is 5.97 Å². The van der Waals surface area contributed by atoms with Gasteiger partial charge in [-0.3, -0.25) is 4.18 Å². The number of carbonyl (C=O) groups is 1. The molecule has 7 heteroatoms. The molecule has 0 radical (unpaired) electrons. The lowest BCUT2D eigenvalue weighted by molar-refractivity contribution is 0.0155. The van der Waals surface area contributed by atoms with Gasteiger partial charge in [0.15, 0.2) is 5.60 Å². The van der Waals surface area contributed by atoms with Crippen molar-refractivity contribution in [3.8, 4) is 0 Å². The molecule has 0 spiro atoms. The van der Waals surface area contributed by atoms with Crippen molar-refractivity contribution >= 4 is 16.1 Å². The van der Waals surface area contributed by atoms with Crippen molar-refractivity contribution in [1.29, 1.82) is 0 Å². The molecule has 1 aromatic carbocycles. The average molecular weight is 283 g/mol. The number of esters is 1. The molecule has 1 heterocycles. The van der Waals surface area contributed by atoms with Crippen LogP contribution in [0.3, 0.4) is 0 Å². The molecule has 6 nitrogen and oxygen atoms in total. The summed E-state index contributed by atoms with van der Waals surface area (Å²) < 4.78 is 32.3. The van der Waals surface area contributed by atoms with Gasteiger partial charge in [-0.15, -0.1) is 0 Å². The highest BCUT2D eigenvalue weighted by atomic mass is 32.2. The number of carbonyl (C=O) groups excluding carboxylic acids is 1. The monoisotopic (exact) mass is 283 g/mol. The summed E-state index contributed by atoms with van der Waals surface area (Å²) in [6.07, 6.45) is 0. The summed E-state index contributed by atoms with van der Waals surface area (Å²) in [5, 5.41) is 0.823. The van der Waals surface area contributed by atoms with Gasteiger partial charge in [0.05, 0.1) is 16.7 Å². The zero-order valence-electron chi connectivity index (χ0n) is 10.2. The third kappa shape index (κ3) is 2.94. The van der Waals surface area contributed by atoms with E-state index in [1.807, 2.05) is 0 Å². The lowest BCUT2D eigenvalue weighted by Gasteiger charge is -2.22. The summed E-state index contributed by atoms with van der Waals surface area (Å²) >= 11 is 0. The Morgan fingerprint density at radius 3 is 2.53 bits per heavy atom. The first-order valence-corrected chi connectivity index (χ1v) is 6.95. The first kappa shape index (κ1) is 13.6. The number of ether oxygens (including phenoxy) is 1. The van der Waals surface area contributed by atoms with Gasteiger partial charge in [0.25, 0.3) is 10.1 Å². The maximum absolute atomic E-state index is 11.7. The van der Waals surface area contributed by atoms with E-state index in [9.17, 15) is 13.2 Å². The number of hydrogen-bond acceptors (Lipinski definition) is 6. The molecule has 0 aromatic heterocycles. The minimum Gasteiger partial charge on any atom is -0.459 e. The van der Waals surface area contributed by atoms with Crippen molar-refractivity contribution in [3.05, 3.63) is 47.0 Å². The van der Waals surface area contributed by atoms with E-state index < -0.39 is 21.7 Å². The second-order valence-corrected chi connectivity index (χ2v) is 5.71. The van der Waals surface area contributed by atoms with Gasteiger partial charge in [0.1, 0.15) is 6.61 Å². The molecule has 0 bridgehead atoms. The lowest BCUT2D eigenvalue weighted by atomic mass is 10.1. The van der Waals surface area contributed by atoms with E-state index in [1.54, 1.807) is 30.3 Å². The SMILES string of the molecule is CC1(COC(=O)c2ccccc2)OS(=O)(=O)C=C1N. The molecular weight excluding hydrogens is 270 g/mol. The first-order valence-electron chi connectivity index (χ1n) is 5.48. The van der Waals surface area contributed by atoms with Crippen LogP contribution in [-0.2, 0) is 19.0 Å². The average Bonchev–Trinajstić information content (AvgIpc) is 2.56. The smallest absolute Gasteiger partial charge is 0.338 e. The van der Waals surface area contributed by atoms with Crippen LogP contribution in [-0.4, -0.2) is 26.6 Å². The predicted molar refractivity (Wildman–Crippen MR) is 67.4 cm³/mol. The molecule has 2 N–H and O–H groups in total. The molecule has 2 rings (SSSR count). The van der Waals surface area contributed by atoms with Gasteiger partial charge in [-0.05, 0) is 19.1 Å². The zero-order chi connectivity index (χ0) is 14.1. The molecule has 0 aliphatic carbocycles. The second-order valence-electron chi connectivity index (χ2n) is 4.32. The Labute approximate surface area is 110 Å². The van der Waals surface area contributed by atoms with E-state index in [2.05, 4.69) is 0 Å². The van der Waals surface area contributed by atoms with E-state index in [4.69, 9.17) is 14.7 Å². The van der Waals surface area contributed by atoms with Crippen LogP contribution in [0.25, 0.3) is 0 Å².